The van der Waals surface area contributed by atoms with Gasteiger partial charge in [0.1, 0.15) is 17.4 Å². The normalized spacial score (nSPS) is 13.8. The van der Waals surface area contributed by atoms with Crippen molar-refractivity contribution in [2.45, 2.75) is 18.9 Å². The van der Waals surface area contributed by atoms with Gasteiger partial charge in [-0.1, -0.05) is 59.3 Å². The Morgan fingerprint density at radius 2 is 1.77 bits per heavy atom. The minimum Gasteiger partial charge on any atom is -0.465 e. The summed E-state index contributed by atoms with van der Waals surface area (Å²) in [4.78, 5) is 58.0. The van der Waals surface area contributed by atoms with Gasteiger partial charge < -0.3 is 15.0 Å². The van der Waals surface area contributed by atoms with Gasteiger partial charge >= 0.3 is 5.97 Å². The van der Waals surface area contributed by atoms with E-state index in [1.54, 1.807) is 54.7 Å². The number of fused-ring (bicyclic) bond motifs is 1. The van der Waals surface area contributed by atoms with Gasteiger partial charge in [-0.25, -0.2) is 13.9 Å². The van der Waals surface area contributed by atoms with Crippen LogP contribution in [-0.2, 0) is 22.4 Å². The van der Waals surface area contributed by atoms with Crippen molar-refractivity contribution in [3.8, 4) is 16.8 Å². The molecule has 2 amide bonds. The number of pyridine rings is 1. The monoisotopic (exact) mass is 666 g/mol. The van der Waals surface area contributed by atoms with Crippen LogP contribution in [0.2, 0.25) is 5.02 Å². The summed E-state index contributed by atoms with van der Waals surface area (Å²) < 4.78 is 20.6. The van der Waals surface area contributed by atoms with Crippen LogP contribution in [0.25, 0.3) is 16.8 Å². The topological polar surface area (TPSA) is 136 Å². The lowest BCUT2D eigenvalue weighted by Crippen LogP contribution is -2.44. The molecule has 0 radical (unpaired) electrons. The predicted molar refractivity (Wildman–Crippen MR) is 173 cm³/mol. The maximum absolute atomic E-state index is 14.7. The highest BCUT2D eigenvalue weighted by molar-refractivity contribution is 6.30. The second kappa shape index (κ2) is 13.5. The van der Waals surface area contributed by atoms with E-state index in [1.807, 2.05) is 12.1 Å². The van der Waals surface area contributed by atoms with E-state index in [2.05, 4.69) is 20.6 Å². The largest absolute Gasteiger partial charge is 0.465 e. The smallest absolute Gasteiger partial charge is 0.337 e. The van der Waals surface area contributed by atoms with Crippen LogP contribution in [0.3, 0.4) is 0 Å². The fourth-order valence-corrected chi connectivity index (χ4v) is 5.96. The average Bonchev–Trinajstić information content (AvgIpc) is 3.61. The van der Waals surface area contributed by atoms with Gasteiger partial charge in [-0.3, -0.25) is 19.4 Å². The third-order valence-corrected chi connectivity index (χ3v) is 8.46. The molecule has 0 fully saturated rings. The molecule has 2 aromatic heterocycles. The number of carbonyl (C=O) groups excluding carboxylic acids is 4. The summed E-state index contributed by atoms with van der Waals surface area (Å²) in [5.74, 6) is -2.36. The molecule has 13 heteroatoms. The third-order valence-electron chi connectivity index (χ3n) is 8.17. The van der Waals surface area contributed by atoms with E-state index in [4.69, 9.17) is 16.3 Å². The van der Waals surface area contributed by atoms with Crippen LogP contribution in [0.15, 0.2) is 85.2 Å². The molecular formula is C35H28ClFN6O5. The van der Waals surface area contributed by atoms with Crippen molar-refractivity contribution < 1.29 is 28.3 Å². The molecule has 0 bridgehead atoms. The number of hydrogen-bond donors (Lipinski definition) is 1. The number of amides is 2. The molecular weight excluding hydrogens is 639 g/mol. The average molecular weight is 667 g/mol. The molecule has 0 saturated carbocycles. The third kappa shape index (κ3) is 6.17. The first-order valence-corrected chi connectivity index (χ1v) is 15.3. The molecule has 0 saturated heterocycles. The lowest BCUT2D eigenvalue weighted by Gasteiger charge is -2.37. The SMILES string of the molecule is CNC(=O)c1ccc(-c2cccc3c2CCN(C(=O)c2cn(-c4cccc(Cl)c4F)nn2)[C@@H]3C(=O)Cc2ccc(C(=O)OC)cc2)cn1. The lowest BCUT2D eigenvalue weighted by atomic mass is 9.84. The summed E-state index contributed by atoms with van der Waals surface area (Å²) in [6.45, 7) is 0.169. The molecule has 0 unspecified atom stereocenters. The van der Waals surface area contributed by atoms with Gasteiger partial charge in [-0.2, -0.15) is 0 Å². The Bertz CT molecular complexity index is 2050. The van der Waals surface area contributed by atoms with Gasteiger partial charge in [0.2, 0.25) is 0 Å². The fraction of sp³-hybridized carbons (Fsp3) is 0.171. The number of ketones is 1. The number of benzene rings is 3. The number of halogens is 2. The van der Waals surface area contributed by atoms with Gasteiger partial charge in [0, 0.05) is 31.8 Å². The van der Waals surface area contributed by atoms with Crippen molar-refractivity contribution >= 4 is 35.2 Å². The number of aromatic nitrogens is 4. The van der Waals surface area contributed by atoms with Crippen molar-refractivity contribution in [3.05, 3.63) is 130 Å². The van der Waals surface area contributed by atoms with E-state index >= 15 is 0 Å². The number of nitrogens with one attached hydrogen (secondary N) is 1. The first-order valence-electron chi connectivity index (χ1n) is 14.9. The minimum atomic E-state index is -1.01. The maximum atomic E-state index is 14.7. The van der Waals surface area contributed by atoms with Crippen LogP contribution >= 0.6 is 11.6 Å². The quantitative estimate of drug-likeness (QED) is 0.233. The second-order valence-corrected chi connectivity index (χ2v) is 11.4. The van der Waals surface area contributed by atoms with Crippen LogP contribution in [-0.4, -0.2) is 69.1 Å². The van der Waals surface area contributed by atoms with E-state index in [9.17, 15) is 23.6 Å². The van der Waals surface area contributed by atoms with Crippen LogP contribution in [0, 0.1) is 5.82 Å². The summed E-state index contributed by atoms with van der Waals surface area (Å²) >= 11 is 5.95. The van der Waals surface area contributed by atoms with Gasteiger partial charge in [-0.05, 0) is 59.0 Å². The molecule has 3 heterocycles. The molecule has 48 heavy (non-hydrogen) atoms. The maximum Gasteiger partial charge on any atom is 0.337 e. The van der Waals surface area contributed by atoms with Crippen LogP contribution in [0.5, 0.6) is 0 Å². The van der Waals surface area contributed by atoms with Crippen LogP contribution in [0.1, 0.15) is 54.1 Å². The van der Waals surface area contributed by atoms with Gasteiger partial charge in [0.25, 0.3) is 11.8 Å². The Labute approximate surface area is 279 Å². The number of rotatable bonds is 8. The van der Waals surface area contributed by atoms with E-state index < -0.39 is 23.7 Å². The first kappa shape index (κ1) is 32.2. The van der Waals surface area contributed by atoms with Crippen LogP contribution < -0.4 is 5.32 Å². The Morgan fingerprint density at radius 3 is 2.48 bits per heavy atom. The summed E-state index contributed by atoms with van der Waals surface area (Å²) in [6, 6.07) is 18.8. The van der Waals surface area contributed by atoms with Gasteiger partial charge in [-0.15, -0.1) is 5.10 Å². The van der Waals surface area contributed by atoms with Gasteiger partial charge in [0.05, 0.1) is 23.9 Å². The molecule has 0 spiro atoms. The molecule has 1 aliphatic rings. The number of methoxy groups -OCH3 is 1. The number of nitrogens with zero attached hydrogens (tertiary/aromatic N) is 5. The first-order chi connectivity index (χ1) is 23.2. The van der Waals surface area contributed by atoms with Crippen molar-refractivity contribution in [1.29, 1.82) is 0 Å². The number of carbonyl (C=O) groups is 4. The van der Waals surface area contributed by atoms with Gasteiger partial charge in [0.15, 0.2) is 17.3 Å². The fourth-order valence-electron chi connectivity index (χ4n) is 5.79. The number of esters is 1. The van der Waals surface area contributed by atoms with E-state index in [1.165, 1.54) is 37.4 Å². The molecule has 242 valence electrons. The highest BCUT2D eigenvalue weighted by Gasteiger charge is 2.38. The Hall–Kier alpha value is -5.75. The zero-order valence-corrected chi connectivity index (χ0v) is 26.6. The Balaban J connectivity index is 1.37. The van der Waals surface area contributed by atoms with E-state index in [0.717, 1.165) is 21.4 Å². The van der Waals surface area contributed by atoms with Crippen molar-refractivity contribution in [1.82, 2.24) is 30.2 Å². The minimum absolute atomic E-state index is 0.0155. The second-order valence-electron chi connectivity index (χ2n) is 11.0. The van der Waals surface area contributed by atoms with Crippen LogP contribution in [0.4, 0.5) is 4.39 Å². The number of ether oxygens (including phenoxy) is 1. The number of hydrogen-bond acceptors (Lipinski definition) is 8. The molecule has 0 aliphatic carbocycles. The van der Waals surface area contributed by atoms with Crippen molar-refractivity contribution in [3.63, 3.8) is 0 Å². The standard InChI is InChI=1S/C35H28ClFN6O5/c1-38-33(45)27-14-13-22(18-39-27)23-5-3-6-25-24(23)15-16-42(32(25)30(44)17-20-9-11-21(12-10-20)35(47)48-2)34(46)28-19-43(41-40-28)29-8-4-7-26(36)31(29)37/h3-14,18-19,32H,15-17H2,1-2H3,(H,38,45)/t32-/m0/s1. The molecule has 11 nitrogen and oxygen atoms in total. The highest BCUT2D eigenvalue weighted by atomic mass is 35.5. The lowest BCUT2D eigenvalue weighted by molar-refractivity contribution is -0.123. The summed E-state index contributed by atoms with van der Waals surface area (Å²) in [6.07, 6.45) is 3.27. The molecule has 3 aromatic carbocycles. The molecule has 1 N–H and O–H groups in total. The molecule has 1 atom stereocenters. The highest BCUT2D eigenvalue weighted by Crippen LogP contribution is 2.38. The molecule has 1 aliphatic heterocycles. The van der Waals surface area contributed by atoms with Crippen molar-refractivity contribution in [2.24, 2.45) is 0 Å². The zero-order valence-electron chi connectivity index (χ0n) is 25.8. The predicted octanol–water partition coefficient (Wildman–Crippen LogP) is 4.82. The Morgan fingerprint density at radius 1 is 1.00 bits per heavy atom. The molecule has 5 aromatic rings. The summed E-state index contributed by atoms with van der Waals surface area (Å²) in [5, 5.41) is 10.4. The van der Waals surface area contributed by atoms with E-state index in [-0.39, 0.29) is 46.8 Å². The number of Topliss-reactive ketones (excluding diaryl/α,β-unsaturated/α-hetero) is 1. The zero-order chi connectivity index (χ0) is 33.9. The van der Waals surface area contributed by atoms with E-state index in [0.29, 0.717) is 23.1 Å². The summed E-state index contributed by atoms with van der Waals surface area (Å²) in [7, 11) is 2.82. The Kier molecular flexibility index (Phi) is 9.08. The van der Waals surface area contributed by atoms with Crippen molar-refractivity contribution in [2.75, 3.05) is 20.7 Å². The molecule has 6 rings (SSSR count). The summed E-state index contributed by atoms with van der Waals surface area (Å²) in [5.41, 5.74) is 4.23.